The van der Waals surface area contributed by atoms with Gasteiger partial charge in [0.15, 0.2) is 0 Å². The van der Waals surface area contributed by atoms with Gasteiger partial charge in [-0.3, -0.25) is 4.68 Å². The minimum Gasteiger partial charge on any atom is -0.386 e. The Bertz CT molecular complexity index is 464. The molecule has 0 aliphatic rings. The summed E-state index contributed by atoms with van der Waals surface area (Å²) in [5, 5.41) is 14.5. The van der Waals surface area contributed by atoms with Gasteiger partial charge in [-0.05, 0) is 18.9 Å². The average molecular weight is 266 g/mol. The molecule has 0 fully saturated rings. The van der Waals surface area contributed by atoms with Crippen LogP contribution in [0.2, 0.25) is 0 Å². The van der Waals surface area contributed by atoms with E-state index < -0.39 is 6.10 Å². The largest absolute Gasteiger partial charge is 0.386 e. The van der Waals surface area contributed by atoms with E-state index in [2.05, 4.69) is 27.7 Å². The molecule has 0 bridgehead atoms. The Morgan fingerprint density at radius 2 is 2.17 bits per heavy atom. The second-order valence-corrected chi connectivity index (χ2v) is 4.87. The molecule has 1 unspecified atom stereocenters. The highest BCUT2D eigenvalue weighted by Crippen LogP contribution is 2.18. The van der Waals surface area contributed by atoms with E-state index in [0.717, 1.165) is 30.3 Å². The number of aliphatic hydroxyl groups excluding tert-OH is 1. The molecule has 98 valence electrons. The summed E-state index contributed by atoms with van der Waals surface area (Å²) in [6, 6.07) is 2.40. The molecular formula is C12H18N4OS. The number of hydrogen-bond donors (Lipinski definition) is 1. The molecule has 1 atom stereocenters. The first-order chi connectivity index (χ1) is 8.74. The number of nitrogens with zero attached hydrogens (tertiary/aromatic N) is 4. The van der Waals surface area contributed by atoms with E-state index in [-0.39, 0.29) is 0 Å². The van der Waals surface area contributed by atoms with Gasteiger partial charge < -0.3 is 5.11 Å². The smallest absolute Gasteiger partial charge is 0.104 e. The van der Waals surface area contributed by atoms with Gasteiger partial charge in [0.1, 0.15) is 11.8 Å². The Kier molecular flexibility index (Phi) is 4.43. The van der Waals surface area contributed by atoms with Gasteiger partial charge >= 0.3 is 0 Å². The summed E-state index contributed by atoms with van der Waals surface area (Å²) in [6.07, 6.45) is 5.59. The van der Waals surface area contributed by atoms with Crippen molar-refractivity contribution >= 4 is 11.7 Å². The first-order valence-electron chi connectivity index (χ1n) is 6.24. The molecule has 0 aliphatic carbocycles. The van der Waals surface area contributed by atoms with Gasteiger partial charge in [-0.15, -0.1) is 0 Å². The molecule has 2 rings (SSSR count). The van der Waals surface area contributed by atoms with Crippen LogP contribution < -0.4 is 0 Å². The van der Waals surface area contributed by atoms with E-state index in [9.17, 15) is 5.11 Å². The van der Waals surface area contributed by atoms with Crippen LogP contribution in [0.4, 0.5) is 0 Å². The quantitative estimate of drug-likeness (QED) is 0.872. The SMILES string of the molecule is CCC(CC)n1ccc(CC(O)c2cnsn2)n1. The van der Waals surface area contributed by atoms with Crippen LogP contribution in [-0.4, -0.2) is 23.6 Å². The Morgan fingerprint density at radius 3 is 2.78 bits per heavy atom. The fourth-order valence-corrected chi connectivity index (χ4v) is 2.44. The lowest BCUT2D eigenvalue weighted by atomic mass is 10.1. The van der Waals surface area contributed by atoms with E-state index in [4.69, 9.17) is 0 Å². The number of aliphatic hydroxyl groups is 1. The molecule has 2 aromatic rings. The summed E-state index contributed by atoms with van der Waals surface area (Å²) in [4.78, 5) is 0. The fourth-order valence-electron chi connectivity index (χ4n) is 1.97. The van der Waals surface area contributed by atoms with Crippen molar-refractivity contribution in [2.45, 2.75) is 45.3 Å². The monoisotopic (exact) mass is 266 g/mol. The molecule has 0 saturated carbocycles. The summed E-state index contributed by atoms with van der Waals surface area (Å²) in [6.45, 7) is 4.32. The standard InChI is InChI=1S/C12H18N4OS/c1-3-10(4-2)16-6-5-9(14-16)7-12(17)11-8-13-18-15-11/h5-6,8,10,12,17H,3-4,7H2,1-2H3. The Balaban J connectivity index is 2.02. The third-order valence-electron chi connectivity index (χ3n) is 3.10. The predicted octanol–water partition coefficient (Wildman–Crippen LogP) is 2.37. The molecule has 18 heavy (non-hydrogen) atoms. The highest BCUT2D eigenvalue weighted by Gasteiger charge is 2.14. The van der Waals surface area contributed by atoms with Crippen molar-refractivity contribution < 1.29 is 5.11 Å². The molecule has 0 radical (unpaired) electrons. The van der Waals surface area contributed by atoms with E-state index in [1.807, 2.05) is 16.9 Å². The highest BCUT2D eigenvalue weighted by molar-refractivity contribution is 6.99. The molecule has 0 aromatic carbocycles. The Hall–Kier alpha value is -1.27. The van der Waals surface area contributed by atoms with Gasteiger partial charge in [0.2, 0.25) is 0 Å². The number of aromatic nitrogens is 4. The van der Waals surface area contributed by atoms with Crippen molar-refractivity contribution in [1.82, 2.24) is 18.5 Å². The molecule has 0 saturated heterocycles. The zero-order chi connectivity index (χ0) is 13.0. The summed E-state index contributed by atoms with van der Waals surface area (Å²) in [5.41, 5.74) is 1.51. The van der Waals surface area contributed by atoms with E-state index in [0.29, 0.717) is 18.2 Å². The molecule has 2 heterocycles. The van der Waals surface area contributed by atoms with Crippen LogP contribution in [0.1, 0.15) is 50.2 Å². The molecule has 2 aromatic heterocycles. The lowest BCUT2D eigenvalue weighted by Crippen LogP contribution is -2.09. The summed E-state index contributed by atoms with van der Waals surface area (Å²) >= 11 is 1.11. The minimum absolute atomic E-state index is 0.442. The average Bonchev–Trinajstić information content (AvgIpc) is 3.01. The molecular weight excluding hydrogens is 248 g/mol. The van der Waals surface area contributed by atoms with E-state index in [1.165, 1.54) is 0 Å². The van der Waals surface area contributed by atoms with Gasteiger partial charge in [-0.1, -0.05) is 13.8 Å². The van der Waals surface area contributed by atoms with Gasteiger partial charge in [0.05, 0.1) is 29.7 Å². The van der Waals surface area contributed by atoms with Crippen LogP contribution in [0.3, 0.4) is 0 Å². The topological polar surface area (TPSA) is 63.8 Å². The van der Waals surface area contributed by atoms with Crippen molar-refractivity contribution in [3.63, 3.8) is 0 Å². The molecule has 6 heteroatoms. The third kappa shape index (κ3) is 2.94. The highest BCUT2D eigenvalue weighted by atomic mass is 32.1. The van der Waals surface area contributed by atoms with Crippen LogP contribution in [0, 0.1) is 0 Å². The third-order valence-corrected chi connectivity index (χ3v) is 3.59. The van der Waals surface area contributed by atoms with Crippen molar-refractivity contribution in [3.8, 4) is 0 Å². The second-order valence-electron chi connectivity index (χ2n) is 4.31. The maximum absolute atomic E-state index is 9.98. The number of hydrogen-bond acceptors (Lipinski definition) is 5. The van der Waals surface area contributed by atoms with Crippen LogP contribution in [0.5, 0.6) is 0 Å². The van der Waals surface area contributed by atoms with Gasteiger partial charge in [-0.2, -0.15) is 13.8 Å². The van der Waals surface area contributed by atoms with Crippen LogP contribution in [-0.2, 0) is 6.42 Å². The van der Waals surface area contributed by atoms with Gasteiger partial charge in [0, 0.05) is 12.6 Å². The summed E-state index contributed by atoms with van der Waals surface area (Å²) < 4.78 is 9.91. The zero-order valence-corrected chi connectivity index (χ0v) is 11.5. The van der Waals surface area contributed by atoms with Gasteiger partial charge in [-0.25, -0.2) is 0 Å². The second kappa shape index (κ2) is 6.06. The summed E-state index contributed by atoms with van der Waals surface area (Å²) in [7, 11) is 0. The molecule has 0 aliphatic heterocycles. The van der Waals surface area contributed by atoms with Gasteiger partial charge in [0.25, 0.3) is 0 Å². The summed E-state index contributed by atoms with van der Waals surface area (Å²) in [5.74, 6) is 0. The minimum atomic E-state index is -0.617. The normalized spacial score (nSPS) is 13.1. The van der Waals surface area contributed by atoms with Crippen LogP contribution in [0.15, 0.2) is 18.5 Å². The lowest BCUT2D eigenvalue weighted by Gasteiger charge is -2.12. The Morgan fingerprint density at radius 1 is 1.39 bits per heavy atom. The van der Waals surface area contributed by atoms with Crippen molar-refractivity contribution in [2.24, 2.45) is 0 Å². The van der Waals surface area contributed by atoms with E-state index in [1.54, 1.807) is 6.20 Å². The van der Waals surface area contributed by atoms with Crippen molar-refractivity contribution in [2.75, 3.05) is 0 Å². The maximum atomic E-state index is 9.98. The Labute approximate surface area is 111 Å². The van der Waals surface area contributed by atoms with Crippen molar-refractivity contribution in [1.29, 1.82) is 0 Å². The van der Waals surface area contributed by atoms with E-state index >= 15 is 0 Å². The van der Waals surface area contributed by atoms with Crippen LogP contribution in [0.25, 0.3) is 0 Å². The fraction of sp³-hybridized carbons (Fsp3) is 0.583. The maximum Gasteiger partial charge on any atom is 0.104 e. The molecule has 0 amide bonds. The first-order valence-corrected chi connectivity index (χ1v) is 6.97. The molecule has 0 spiro atoms. The van der Waals surface area contributed by atoms with Crippen molar-refractivity contribution in [3.05, 3.63) is 29.8 Å². The zero-order valence-electron chi connectivity index (χ0n) is 10.7. The molecule has 5 nitrogen and oxygen atoms in total. The number of rotatable bonds is 6. The lowest BCUT2D eigenvalue weighted by molar-refractivity contribution is 0.173. The predicted molar refractivity (Wildman–Crippen MR) is 70.4 cm³/mol. The first kappa shape index (κ1) is 13.2. The molecule has 1 N–H and O–H groups in total. The van der Waals surface area contributed by atoms with Crippen LogP contribution >= 0.6 is 11.7 Å².